The Bertz CT molecular complexity index is 1250. The van der Waals surface area contributed by atoms with Gasteiger partial charge in [-0.2, -0.15) is 0 Å². The number of esters is 1. The molecule has 0 N–H and O–H groups in total. The average molecular weight is 390 g/mol. The van der Waals surface area contributed by atoms with Crippen LogP contribution in [0.2, 0.25) is 0 Å². The monoisotopic (exact) mass is 390 g/mol. The predicted octanol–water partition coefficient (Wildman–Crippen LogP) is 4.38. The van der Waals surface area contributed by atoms with Gasteiger partial charge in [0.25, 0.3) is 5.89 Å². The van der Waals surface area contributed by atoms with Crippen LogP contribution in [-0.4, -0.2) is 16.2 Å². The second kappa shape index (κ2) is 7.35. The molecule has 1 atom stereocenters. The summed E-state index contributed by atoms with van der Waals surface area (Å²) in [5.41, 5.74) is 2.82. The van der Waals surface area contributed by atoms with Crippen LogP contribution >= 0.6 is 0 Å². The molecule has 0 bridgehead atoms. The van der Waals surface area contributed by atoms with Gasteiger partial charge in [-0.05, 0) is 45.0 Å². The SMILES string of the molecule is Cc1ccc(-c2nnc([C@H](C)OC(=O)c3cc(=O)c4cc(C)ccc4o3)o2)cc1. The molecular weight excluding hydrogens is 372 g/mol. The highest BCUT2D eigenvalue weighted by atomic mass is 16.6. The third-order valence-electron chi connectivity index (χ3n) is 4.45. The Morgan fingerprint density at radius 3 is 2.45 bits per heavy atom. The molecule has 2 aromatic carbocycles. The molecule has 0 radical (unpaired) electrons. The normalized spacial score (nSPS) is 12.1. The first kappa shape index (κ1) is 18.6. The van der Waals surface area contributed by atoms with E-state index in [0.29, 0.717) is 16.9 Å². The van der Waals surface area contributed by atoms with Crippen LogP contribution in [0.1, 0.15) is 40.6 Å². The number of carbonyl (C=O) groups is 1. The highest BCUT2D eigenvalue weighted by Crippen LogP contribution is 2.24. The lowest BCUT2D eigenvalue weighted by Crippen LogP contribution is -2.12. The van der Waals surface area contributed by atoms with Gasteiger partial charge in [-0.3, -0.25) is 4.79 Å². The van der Waals surface area contributed by atoms with E-state index >= 15 is 0 Å². The van der Waals surface area contributed by atoms with E-state index in [4.69, 9.17) is 13.6 Å². The highest BCUT2D eigenvalue weighted by molar-refractivity contribution is 5.89. The Morgan fingerprint density at radius 1 is 0.966 bits per heavy atom. The number of aromatic nitrogens is 2. The maximum atomic E-state index is 12.5. The number of hydrogen-bond donors (Lipinski definition) is 0. The van der Waals surface area contributed by atoms with Crippen LogP contribution in [0.25, 0.3) is 22.4 Å². The smallest absolute Gasteiger partial charge is 0.375 e. The number of rotatable bonds is 4. The number of benzene rings is 2. The van der Waals surface area contributed by atoms with Gasteiger partial charge in [-0.25, -0.2) is 4.79 Å². The van der Waals surface area contributed by atoms with E-state index < -0.39 is 12.1 Å². The van der Waals surface area contributed by atoms with Crippen molar-refractivity contribution >= 4 is 16.9 Å². The number of aryl methyl sites for hydroxylation is 2. The molecule has 0 fully saturated rings. The van der Waals surface area contributed by atoms with E-state index in [1.54, 1.807) is 25.1 Å². The molecule has 0 aliphatic carbocycles. The molecule has 2 heterocycles. The van der Waals surface area contributed by atoms with Crippen LogP contribution in [0.5, 0.6) is 0 Å². The van der Waals surface area contributed by atoms with Crippen molar-refractivity contribution in [2.45, 2.75) is 26.9 Å². The van der Waals surface area contributed by atoms with E-state index in [2.05, 4.69) is 10.2 Å². The molecule has 0 aliphatic heterocycles. The summed E-state index contributed by atoms with van der Waals surface area (Å²) in [6.45, 7) is 5.46. The van der Waals surface area contributed by atoms with Crippen LogP contribution in [0.15, 0.2) is 62.2 Å². The van der Waals surface area contributed by atoms with Crippen LogP contribution in [-0.2, 0) is 4.74 Å². The number of ether oxygens (including phenoxy) is 1. The Labute approximate surface area is 165 Å². The second-order valence-electron chi connectivity index (χ2n) is 6.83. The number of carbonyl (C=O) groups excluding carboxylic acids is 1. The molecule has 4 aromatic rings. The fourth-order valence-electron chi connectivity index (χ4n) is 2.85. The Hall–Kier alpha value is -3.74. The first-order valence-electron chi connectivity index (χ1n) is 9.06. The first-order chi connectivity index (χ1) is 13.9. The molecular formula is C22H18N2O5. The number of nitrogens with zero attached hydrogens (tertiary/aromatic N) is 2. The van der Waals surface area contributed by atoms with Gasteiger partial charge in [-0.1, -0.05) is 29.3 Å². The van der Waals surface area contributed by atoms with E-state index in [-0.39, 0.29) is 17.1 Å². The van der Waals surface area contributed by atoms with Crippen molar-refractivity contribution < 1.29 is 18.4 Å². The van der Waals surface area contributed by atoms with Crippen molar-refractivity contribution in [3.8, 4) is 11.5 Å². The van der Waals surface area contributed by atoms with E-state index in [0.717, 1.165) is 22.8 Å². The summed E-state index contributed by atoms with van der Waals surface area (Å²) in [7, 11) is 0. The van der Waals surface area contributed by atoms with E-state index in [9.17, 15) is 9.59 Å². The molecule has 7 nitrogen and oxygen atoms in total. The molecule has 0 unspecified atom stereocenters. The summed E-state index contributed by atoms with van der Waals surface area (Å²) in [6.07, 6.45) is -0.812. The summed E-state index contributed by atoms with van der Waals surface area (Å²) in [6, 6.07) is 13.9. The van der Waals surface area contributed by atoms with E-state index in [1.807, 2.05) is 38.1 Å². The lowest BCUT2D eigenvalue weighted by Gasteiger charge is -2.09. The highest BCUT2D eigenvalue weighted by Gasteiger charge is 2.22. The summed E-state index contributed by atoms with van der Waals surface area (Å²) in [5, 5.41) is 8.36. The van der Waals surface area contributed by atoms with Crippen molar-refractivity contribution in [3.05, 3.63) is 81.5 Å². The molecule has 146 valence electrons. The van der Waals surface area contributed by atoms with Gasteiger partial charge in [0.05, 0.1) is 5.39 Å². The molecule has 29 heavy (non-hydrogen) atoms. The Balaban J connectivity index is 1.54. The molecule has 0 saturated carbocycles. The molecule has 0 saturated heterocycles. The fraction of sp³-hybridized carbons (Fsp3) is 0.182. The maximum Gasteiger partial charge on any atom is 0.375 e. The molecule has 2 aromatic heterocycles. The second-order valence-corrected chi connectivity index (χ2v) is 6.83. The van der Waals surface area contributed by atoms with Gasteiger partial charge in [-0.15, -0.1) is 10.2 Å². The first-order valence-corrected chi connectivity index (χ1v) is 9.06. The van der Waals surface area contributed by atoms with Crippen molar-refractivity contribution in [3.63, 3.8) is 0 Å². The molecule has 0 amide bonds. The van der Waals surface area contributed by atoms with Crippen LogP contribution in [0.4, 0.5) is 0 Å². The molecule has 7 heteroatoms. The quantitative estimate of drug-likeness (QED) is 0.477. The zero-order chi connectivity index (χ0) is 20.5. The maximum absolute atomic E-state index is 12.5. The van der Waals surface area contributed by atoms with Gasteiger partial charge < -0.3 is 13.6 Å². The van der Waals surface area contributed by atoms with Crippen molar-refractivity contribution in [2.24, 2.45) is 0 Å². The minimum Gasteiger partial charge on any atom is -0.449 e. The zero-order valence-corrected chi connectivity index (χ0v) is 16.1. The van der Waals surface area contributed by atoms with Crippen LogP contribution in [0.3, 0.4) is 0 Å². The Morgan fingerprint density at radius 2 is 1.69 bits per heavy atom. The van der Waals surface area contributed by atoms with Gasteiger partial charge in [0.1, 0.15) is 5.58 Å². The molecule has 4 rings (SSSR count). The number of fused-ring (bicyclic) bond motifs is 1. The van der Waals surface area contributed by atoms with Gasteiger partial charge >= 0.3 is 5.97 Å². The lowest BCUT2D eigenvalue weighted by molar-refractivity contribution is 0.0245. The van der Waals surface area contributed by atoms with Gasteiger partial charge in [0, 0.05) is 11.6 Å². The van der Waals surface area contributed by atoms with Crippen molar-refractivity contribution in [2.75, 3.05) is 0 Å². The van der Waals surface area contributed by atoms with Crippen molar-refractivity contribution in [1.82, 2.24) is 10.2 Å². The van der Waals surface area contributed by atoms with Crippen LogP contribution in [0, 0.1) is 13.8 Å². The topological polar surface area (TPSA) is 95.4 Å². The summed E-state index contributed by atoms with van der Waals surface area (Å²) >= 11 is 0. The van der Waals surface area contributed by atoms with Crippen LogP contribution < -0.4 is 5.43 Å². The minimum atomic E-state index is -0.812. The van der Waals surface area contributed by atoms with Gasteiger partial charge in [0.2, 0.25) is 11.7 Å². The average Bonchev–Trinajstić information content (AvgIpc) is 3.19. The minimum absolute atomic E-state index is 0.146. The zero-order valence-electron chi connectivity index (χ0n) is 16.1. The summed E-state index contributed by atoms with van der Waals surface area (Å²) in [4.78, 5) is 24.7. The van der Waals surface area contributed by atoms with Gasteiger partial charge in [0.15, 0.2) is 11.5 Å². The van der Waals surface area contributed by atoms with Crippen molar-refractivity contribution in [1.29, 1.82) is 0 Å². The summed E-state index contributed by atoms with van der Waals surface area (Å²) < 4.78 is 16.5. The molecule has 0 spiro atoms. The molecule has 0 aliphatic rings. The Kier molecular flexibility index (Phi) is 4.72. The number of hydrogen-bond acceptors (Lipinski definition) is 7. The largest absolute Gasteiger partial charge is 0.449 e. The standard InChI is InChI=1S/C22H18N2O5/c1-12-4-7-15(8-5-12)21-24-23-20(29-21)14(3)27-22(26)19-11-17(25)16-10-13(2)6-9-18(16)28-19/h4-11,14H,1-3H3/t14-/m0/s1. The third-order valence-corrected chi connectivity index (χ3v) is 4.45. The lowest BCUT2D eigenvalue weighted by atomic mass is 10.1. The predicted molar refractivity (Wildman–Crippen MR) is 106 cm³/mol. The summed E-state index contributed by atoms with van der Waals surface area (Å²) in [5.74, 6) is -0.494. The van der Waals surface area contributed by atoms with E-state index in [1.165, 1.54) is 0 Å². The fourth-order valence-corrected chi connectivity index (χ4v) is 2.85. The third kappa shape index (κ3) is 3.80.